The van der Waals surface area contributed by atoms with E-state index >= 15 is 0 Å². The van der Waals surface area contributed by atoms with Crippen LogP contribution in [0.4, 0.5) is 5.82 Å². The molecule has 2 aromatic rings. The summed E-state index contributed by atoms with van der Waals surface area (Å²) in [7, 11) is 1.81. The number of hydrogen-bond donors (Lipinski definition) is 1. The van der Waals surface area contributed by atoms with Crippen LogP contribution in [0, 0.1) is 0 Å². The summed E-state index contributed by atoms with van der Waals surface area (Å²) in [5.41, 5.74) is 7.77. The molecule has 0 spiro atoms. The highest BCUT2D eigenvalue weighted by molar-refractivity contribution is 5.80. The Bertz CT molecular complexity index is 563. The predicted octanol–water partition coefficient (Wildman–Crippen LogP) is 1.44. The van der Waals surface area contributed by atoms with E-state index in [0.29, 0.717) is 19.0 Å². The molecular formula is C12H13N3O2. The van der Waals surface area contributed by atoms with Crippen molar-refractivity contribution in [1.29, 1.82) is 0 Å². The van der Waals surface area contributed by atoms with Gasteiger partial charge in [0.15, 0.2) is 11.5 Å². The summed E-state index contributed by atoms with van der Waals surface area (Å²) < 4.78 is 12.8. The first-order valence-electron chi connectivity index (χ1n) is 5.44. The first-order valence-corrected chi connectivity index (χ1v) is 5.44. The van der Waals surface area contributed by atoms with Crippen LogP contribution in [0.3, 0.4) is 0 Å². The highest BCUT2D eigenvalue weighted by atomic mass is 16.6. The molecule has 0 bridgehead atoms. The fourth-order valence-electron chi connectivity index (χ4n) is 1.94. The van der Waals surface area contributed by atoms with E-state index in [4.69, 9.17) is 15.2 Å². The third kappa shape index (κ3) is 1.51. The van der Waals surface area contributed by atoms with Crippen molar-refractivity contribution in [1.82, 2.24) is 9.78 Å². The molecule has 88 valence electrons. The van der Waals surface area contributed by atoms with Crippen molar-refractivity contribution in [3.63, 3.8) is 0 Å². The Labute approximate surface area is 98.8 Å². The topological polar surface area (TPSA) is 62.3 Å². The van der Waals surface area contributed by atoms with Crippen LogP contribution >= 0.6 is 0 Å². The maximum absolute atomic E-state index is 5.97. The second-order valence-electron chi connectivity index (χ2n) is 3.90. The molecule has 1 aliphatic rings. The maximum atomic E-state index is 5.97. The summed E-state index contributed by atoms with van der Waals surface area (Å²) in [5.74, 6) is 2.13. The van der Waals surface area contributed by atoms with Gasteiger partial charge in [0, 0.05) is 18.2 Å². The van der Waals surface area contributed by atoms with Gasteiger partial charge >= 0.3 is 0 Å². The smallest absolute Gasteiger partial charge is 0.169 e. The van der Waals surface area contributed by atoms with Gasteiger partial charge in [0.1, 0.15) is 19.0 Å². The molecule has 3 rings (SSSR count). The number of rotatable bonds is 1. The summed E-state index contributed by atoms with van der Waals surface area (Å²) in [6.07, 6.45) is 1.74. The molecule has 5 heteroatoms. The zero-order valence-corrected chi connectivity index (χ0v) is 9.51. The first-order chi connectivity index (χ1) is 8.27. The largest absolute Gasteiger partial charge is 0.486 e. The molecule has 0 unspecified atom stereocenters. The van der Waals surface area contributed by atoms with Crippen molar-refractivity contribution < 1.29 is 9.47 Å². The lowest BCUT2D eigenvalue weighted by atomic mass is 10.1. The number of anilines is 1. The summed E-state index contributed by atoms with van der Waals surface area (Å²) in [4.78, 5) is 0. The number of nitrogen functional groups attached to an aromatic ring is 1. The van der Waals surface area contributed by atoms with Gasteiger partial charge in [-0.05, 0) is 6.07 Å². The fraction of sp³-hybridized carbons (Fsp3) is 0.250. The van der Waals surface area contributed by atoms with Crippen molar-refractivity contribution in [2.75, 3.05) is 18.9 Å². The molecule has 0 saturated carbocycles. The Balaban J connectivity index is 2.18. The molecular weight excluding hydrogens is 218 g/mol. The molecule has 2 heterocycles. The van der Waals surface area contributed by atoms with Crippen LogP contribution in [0.1, 0.15) is 0 Å². The van der Waals surface area contributed by atoms with Gasteiger partial charge in [0.25, 0.3) is 0 Å². The van der Waals surface area contributed by atoms with Crippen LogP contribution in [0.25, 0.3) is 11.1 Å². The molecule has 1 aliphatic heterocycles. The van der Waals surface area contributed by atoms with Gasteiger partial charge in [-0.15, -0.1) is 0 Å². The molecule has 1 aromatic heterocycles. The average molecular weight is 231 g/mol. The van der Waals surface area contributed by atoms with Gasteiger partial charge in [-0.3, -0.25) is 4.68 Å². The van der Waals surface area contributed by atoms with E-state index in [1.165, 1.54) is 0 Å². The summed E-state index contributed by atoms with van der Waals surface area (Å²) in [5, 5.41) is 4.14. The van der Waals surface area contributed by atoms with Gasteiger partial charge in [-0.1, -0.05) is 12.1 Å². The Hall–Kier alpha value is -2.17. The van der Waals surface area contributed by atoms with Crippen molar-refractivity contribution >= 4 is 5.82 Å². The Kier molecular flexibility index (Phi) is 2.18. The molecule has 0 radical (unpaired) electrons. The van der Waals surface area contributed by atoms with E-state index in [-0.39, 0.29) is 0 Å². The van der Waals surface area contributed by atoms with Gasteiger partial charge in [-0.2, -0.15) is 5.10 Å². The predicted molar refractivity (Wildman–Crippen MR) is 64.0 cm³/mol. The van der Waals surface area contributed by atoms with Crippen LogP contribution < -0.4 is 15.2 Å². The molecule has 17 heavy (non-hydrogen) atoms. The van der Waals surface area contributed by atoms with Crippen LogP contribution in [0.5, 0.6) is 11.5 Å². The van der Waals surface area contributed by atoms with Crippen molar-refractivity contribution in [2.45, 2.75) is 0 Å². The highest BCUT2D eigenvalue weighted by Crippen LogP contribution is 2.41. The molecule has 0 amide bonds. The molecule has 0 aliphatic carbocycles. The molecule has 2 N–H and O–H groups in total. The third-order valence-electron chi connectivity index (χ3n) is 2.84. The summed E-state index contributed by atoms with van der Waals surface area (Å²) in [6, 6.07) is 5.78. The van der Waals surface area contributed by atoms with Gasteiger partial charge in [0.05, 0.1) is 6.20 Å². The maximum Gasteiger partial charge on any atom is 0.169 e. The number of aromatic nitrogens is 2. The van der Waals surface area contributed by atoms with E-state index in [0.717, 1.165) is 22.6 Å². The summed E-state index contributed by atoms with van der Waals surface area (Å²) in [6.45, 7) is 1.14. The van der Waals surface area contributed by atoms with E-state index in [1.54, 1.807) is 10.9 Å². The van der Waals surface area contributed by atoms with Crippen molar-refractivity contribution in [2.24, 2.45) is 7.05 Å². The van der Waals surface area contributed by atoms with Gasteiger partial charge in [-0.25, -0.2) is 0 Å². The molecule has 5 nitrogen and oxygen atoms in total. The average Bonchev–Trinajstić information content (AvgIpc) is 2.69. The summed E-state index contributed by atoms with van der Waals surface area (Å²) >= 11 is 0. The lowest BCUT2D eigenvalue weighted by Gasteiger charge is -2.20. The molecule has 1 aromatic carbocycles. The van der Waals surface area contributed by atoms with Crippen molar-refractivity contribution in [3.8, 4) is 22.6 Å². The zero-order chi connectivity index (χ0) is 11.8. The number of aryl methyl sites for hydroxylation is 1. The second kappa shape index (κ2) is 3.69. The molecule has 0 saturated heterocycles. The van der Waals surface area contributed by atoms with E-state index in [2.05, 4.69) is 5.10 Å². The minimum atomic E-state index is 0.560. The van der Waals surface area contributed by atoms with Crippen molar-refractivity contribution in [3.05, 3.63) is 24.4 Å². The number of ether oxygens (including phenoxy) is 2. The lowest BCUT2D eigenvalue weighted by molar-refractivity contribution is 0.172. The Morgan fingerprint density at radius 1 is 1.24 bits per heavy atom. The third-order valence-corrected chi connectivity index (χ3v) is 2.84. The lowest BCUT2D eigenvalue weighted by Crippen LogP contribution is -2.15. The Morgan fingerprint density at radius 2 is 2.06 bits per heavy atom. The SMILES string of the molecule is Cn1ncc(-c2cccc3c2OCCO3)c1N. The fourth-order valence-corrected chi connectivity index (χ4v) is 1.94. The van der Waals surface area contributed by atoms with Crippen LogP contribution in [-0.2, 0) is 7.05 Å². The Morgan fingerprint density at radius 3 is 2.82 bits per heavy atom. The number of benzene rings is 1. The normalized spacial score (nSPS) is 13.7. The van der Waals surface area contributed by atoms with Crippen LogP contribution in [0.15, 0.2) is 24.4 Å². The minimum Gasteiger partial charge on any atom is -0.486 e. The standard InChI is InChI=1S/C12H13N3O2/c1-15-12(13)9(7-14-15)8-3-2-4-10-11(8)17-6-5-16-10/h2-4,7H,5-6,13H2,1H3. The zero-order valence-electron chi connectivity index (χ0n) is 9.51. The van der Waals surface area contributed by atoms with Gasteiger partial charge in [0.2, 0.25) is 0 Å². The molecule has 0 fully saturated rings. The van der Waals surface area contributed by atoms with E-state index in [9.17, 15) is 0 Å². The second-order valence-corrected chi connectivity index (χ2v) is 3.90. The first kappa shape index (κ1) is 10.0. The van der Waals surface area contributed by atoms with Crippen LogP contribution in [-0.4, -0.2) is 23.0 Å². The van der Waals surface area contributed by atoms with Crippen LogP contribution in [0.2, 0.25) is 0 Å². The number of para-hydroxylation sites is 1. The van der Waals surface area contributed by atoms with Gasteiger partial charge < -0.3 is 15.2 Å². The number of nitrogens with zero attached hydrogens (tertiary/aromatic N) is 2. The van der Waals surface area contributed by atoms with E-state index < -0.39 is 0 Å². The van der Waals surface area contributed by atoms with E-state index in [1.807, 2.05) is 25.2 Å². The minimum absolute atomic E-state index is 0.560. The highest BCUT2D eigenvalue weighted by Gasteiger charge is 2.19. The number of nitrogens with two attached hydrogens (primary N) is 1. The number of fused-ring (bicyclic) bond motifs is 1. The molecule has 0 atom stereocenters. The number of hydrogen-bond acceptors (Lipinski definition) is 4. The quantitative estimate of drug-likeness (QED) is 0.806. The monoisotopic (exact) mass is 231 g/mol.